The van der Waals surface area contributed by atoms with Crippen LogP contribution in [0.4, 0.5) is 11.5 Å². The molecule has 0 bridgehead atoms. The van der Waals surface area contributed by atoms with E-state index in [1.165, 1.54) is 4.68 Å². The van der Waals surface area contributed by atoms with Crippen LogP contribution in [0.3, 0.4) is 0 Å². The molecule has 88 valence electrons. The Morgan fingerprint density at radius 3 is 2.76 bits per heavy atom. The molecule has 0 aliphatic heterocycles. The number of nitrogen functional groups attached to an aromatic ring is 1. The fourth-order valence-electron chi connectivity index (χ4n) is 1.33. The molecule has 0 aliphatic rings. The minimum Gasteiger partial charge on any atom is -0.378 e. The Morgan fingerprint density at radius 2 is 2.24 bits per heavy atom. The van der Waals surface area contributed by atoms with Gasteiger partial charge in [-0.2, -0.15) is 0 Å². The van der Waals surface area contributed by atoms with E-state index in [1.54, 1.807) is 7.05 Å². The maximum absolute atomic E-state index is 10.9. The zero-order chi connectivity index (χ0) is 12.6. The Bertz CT molecular complexity index is 576. The van der Waals surface area contributed by atoms with E-state index in [4.69, 9.17) is 5.73 Å². The molecule has 0 saturated carbocycles. The molecular formula is C7H6BrN7O2. The van der Waals surface area contributed by atoms with E-state index in [0.29, 0.717) is 10.3 Å². The number of aromatic nitrogens is 5. The Kier molecular flexibility index (Phi) is 2.71. The summed E-state index contributed by atoms with van der Waals surface area (Å²) in [5.74, 6) is -0.201. The minimum atomic E-state index is -0.635. The molecule has 0 atom stereocenters. The van der Waals surface area contributed by atoms with E-state index < -0.39 is 4.92 Å². The molecule has 0 aromatic carbocycles. The Hall–Kier alpha value is -2.10. The first-order chi connectivity index (χ1) is 8.02. The average Bonchev–Trinajstić information content (AvgIpc) is 2.57. The van der Waals surface area contributed by atoms with Gasteiger partial charge in [-0.05, 0) is 15.9 Å². The number of aryl methyl sites for hydroxylation is 1. The topological polar surface area (TPSA) is 126 Å². The van der Waals surface area contributed by atoms with E-state index >= 15 is 0 Å². The molecule has 0 unspecified atom stereocenters. The number of nitro groups is 1. The zero-order valence-electron chi connectivity index (χ0n) is 8.53. The molecular weight excluding hydrogens is 294 g/mol. The van der Waals surface area contributed by atoms with Crippen molar-refractivity contribution < 1.29 is 4.92 Å². The molecule has 2 aromatic heterocycles. The summed E-state index contributed by atoms with van der Waals surface area (Å²) in [4.78, 5) is 17.8. The molecule has 0 amide bonds. The maximum Gasteiger partial charge on any atom is 0.338 e. The summed E-state index contributed by atoms with van der Waals surface area (Å²) in [6.45, 7) is 0. The highest BCUT2D eigenvalue weighted by Crippen LogP contribution is 2.33. The monoisotopic (exact) mass is 299 g/mol. The molecule has 2 N–H and O–H groups in total. The molecule has 17 heavy (non-hydrogen) atoms. The van der Waals surface area contributed by atoms with Crippen molar-refractivity contribution in [3.63, 3.8) is 0 Å². The van der Waals surface area contributed by atoms with E-state index in [-0.39, 0.29) is 17.2 Å². The van der Waals surface area contributed by atoms with Crippen molar-refractivity contribution in [3.8, 4) is 11.4 Å². The number of nitrogens with two attached hydrogens (primary N) is 1. The van der Waals surface area contributed by atoms with Crippen LogP contribution in [0, 0.1) is 10.1 Å². The number of hydrogen-bond acceptors (Lipinski definition) is 7. The molecule has 0 spiro atoms. The van der Waals surface area contributed by atoms with Gasteiger partial charge in [0.25, 0.3) is 0 Å². The van der Waals surface area contributed by atoms with Crippen LogP contribution in [0.2, 0.25) is 0 Å². The number of halogens is 1. The summed E-state index contributed by atoms with van der Waals surface area (Å²) in [7, 11) is 1.59. The first-order valence-corrected chi connectivity index (χ1v) is 5.12. The third-order valence-electron chi connectivity index (χ3n) is 2.04. The van der Waals surface area contributed by atoms with Crippen molar-refractivity contribution >= 4 is 27.4 Å². The predicted octanol–water partition coefficient (Wildman–Crippen LogP) is 0.525. The van der Waals surface area contributed by atoms with E-state index in [2.05, 4.69) is 36.2 Å². The summed E-state index contributed by atoms with van der Waals surface area (Å²) in [5, 5.41) is 18.4. The first kappa shape index (κ1) is 11.4. The second kappa shape index (κ2) is 4.05. The number of nitrogens with zero attached hydrogens (tertiary/aromatic N) is 6. The van der Waals surface area contributed by atoms with Crippen LogP contribution in [-0.4, -0.2) is 29.9 Å². The smallest absolute Gasteiger partial charge is 0.338 e. The fourth-order valence-corrected chi connectivity index (χ4v) is 1.84. The van der Waals surface area contributed by atoms with Gasteiger partial charge < -0.3 is 5.73 Å². The number of hydrogen-bond donors (Lipinski definition) is 1. The van der Waals surface area contributed by atoms with Crippen molar-refractivity contribution in [1.82, 2.24) is 25.0 Å². The molecule has 0 fully saturated rings. The van der Waals surface area contributed by atoms with Gasteiger partial charge in [0.1, 0.15) is 12.0 Å². The second-order valence-corrected chi connectivity index (χ2v) is 3.82. The van der Waals surface area contributed by atoms with Gasteiger partial charge in [-0.25, -0.2) is 14.6 Å². The first-order valence-electron chi connectivity index (χ1n) is 4.32. The minimum absolute atomic E-state index is 0.0712. The van der Waals surface area contributed by atoms with Crippen LogP contribution in [0.5, 0.6) is 0 Å². The lowest BCUT2D eigenvalue weighted by Crippen LogP contribution is -2.05. The molecule has 10 heteroatoms. The van der Waals surface area contributed by atoms with Crippen molar-refractivity contribution in [1.29, 1.82) is 0 Å². The molecule has 0 aliphatic carbocycles. The zero-order valence-corrected chi connectivity index (χ0v) is 10.1. The largest absolute Gasteiger partial charge is 0.378 e. The lowest BCUT2D eigenvalue weighted by atomic mass is 10.2. The highest BCUT2D eigenvalue weighted by molar-refractivity contribution is 9.10. The molecule has 2 rings (SSSR count). The SMILES string of the molecule is Cn1nnc(Br)c1-c1ncnc(N)c1[N+](=O)[O-]. The summed E-state index contributed by atoms with van der Waals surface area (Å²) in [5.41, 5.74) is 5.55. The van der Waals surface area contributed by atoms with Crippen LogP contribution < -0.4 is 5.73 Å². The van der Waals surface area contributed by atoms with E-state index in [1.807, 2.05) is 0 Å². The molecule has 0 radical (unpaired) electrons. The fraction of sp³-hybridized carbons (Fsp3) is 0.143. The average molecular weight is 300 g/mol. The van der Waals surface area contributed by atoms with Gasteiger partial charge in [0.2, 0.25) is 5.82 Å². The normalized spacial score (nSPS) is 10.5. The third-order valence-corrected chi connectivity index (χ3v) is 2.58. The van der Waals surface area contributed by atoms with Crippen LogP contribution >= 0.6 is 15.9 Å². The summed E-state index contributed by atoms with van der Waals surface area (Å²) >= 11 is 3.14. The second-order valence-electron chi connectivity index (χ2n) is 3.07. The van der Waals surface area contributed by atoms with Crippen LogP contribution in [0.15, 0.2) is 10.9 Å². The van der Waals surface area contributed by atoms with Crippen LogP contribution in [0.1, 0.15) is 0 Å². The summed E-state index contributed by atoms with van der Waals surface area (Å²) < 4.78 is 1.71. The van der Waals surface area contributed by atoms with Gasteiger partial charge in [-0.1, -0.05) is 5.21 Å². The highest BCUT2D eigenvalue weighted by atomic mass is 79.9. The Morgan fingerprint density at radius 1 is 1.53 bits per heavy atom. The lowest BCUT2D eigenvalue weighted by molar-refractivity contribution is -0.383. The molecule has 2 heterocycles. The standard InChI is InChI=1S/C7H6BrN7O2/c1-14-4(6(8)12-13-14)3-5(15(16)17)7(9)11-2-10-3/h2H,1H3,(H2,9,10,11). The lowest BCUT2D eigenvalue weighted by Gasteiger charge is -2.03. The number of rotatable bonds is 2. The van der Waals surface area contributed by atoms with E-state index in [9.17, 15) is 10.1 Å². The van der Waals surface area contributed by atoms with Gasteiger partial charge in [-0.3, -0.25) is 10.1 Å². The Labute approximate surface area is 103 Å². The Balaban J connectivity index is 2.76. The third kappa shape index (κ3) is 1.82. The molecule has 0 saturated heterocycles. The predicted molar refractivity (Wildman–Crippen MR) is 60.8 cm³/mol. The molecule has 9 nitrogen and oxygen atoms in total. The van der Waals surface area contributed by atoms with Crippen molar-refractivity contribution in [2.45, 2.75) is 0 Å². The summed E-state index contributed by atoms with van der Waals surface area (Å²) in [6.07, 6.45) is 1.15. The maximum atomic E-state index is 10.9. The van der Waals surface area contributed by atoms with Crippen molar-refractivity contribution in [2.75, 3.05) is 5.73 Å². The van der Waals surface area contributed by atoms with Crippen molar-refractivity contribution in [3.05, 3.63) is 21.0 Å². The van der Waals surface area contributed by atoms with Crippen LogP contribution in [-0.2, 0) is 7.05 Å². The van der Waals surface area contributed by atoms with Crippen LogP contribution in [0.25, 0.3) is 11.4 Å². The highest BCUT2D eigenvalue weighted by Gasteiger charge is 2.26. The van der Waals surface area contributed by atoms with Gasteiger partial charge >= 0.3 is 5.69 Å². The van der Waals surface area contributed by atoms with Gasteiger partial charge in [0.05, 0.1) is 4.92 Å². The quantitative estimate of drug-likeness (QED) is 0.633. The van der Waals surface area contributed by atoms with Gasteiger partial charge in [-0.15, -0.1) is 5.10 Å². The van der Waals surface area contributed by atoms with Gasteiger partial charge in [0, 0.05) is 7.05 Å². The van der Waals surface area contributed by atoms with Crippen molar-refractivity contribution in [2.24, 2.45) is 7.05 Å². The van der Waals surface area contributed by atoms with E-state index in [0.717, 1.165) is 6.33 Å². The van der Waals surface area contributed by atoms with Gasteiger partial charge in [0.15, 0.2) is 10.3 Å². The number of anilines is 1. The summed E-state index contributed by atoms with van der Waals surface area (Å²) in [6, 6.07) is 0. The molecule has 2 aromatic rings.